The largest absolute Gasteiger partial charge is 0.124 e. The molecular weight excluding hydrogens is 525 g/mol. The Labute approximate surface area is 137 Å². The van der Waals surface area contributed by atoms with Gasteiger partial charge in [0.25, 0.3) is 0 Å². The molecule has 0 nitrogen and oxygen atoms in total. The molecule has 0 aromatic carbocycles. The van der Waals surface area contributed by atoms with Gasteiger partial charge in [0, 0.05) is 0 Å². The van der Waals surface area contributed by atoms with Crippen LogP contribution in [0.25, 0.3) is 0 Å². The Hall–Kier alpha value is 2.19. The fraction of sp³-hybridized carbons (Fsp3) is 1.00. The lowest BCUT2D eigenvalue weighted by Gasteiger charge is -2.11. The number of hydrogen-bond donors (Lipinski definition) is 0. The normalized spacial score (nSPS) is 12.0. The van der Waals surface area contributed by atoms with Crippen LogP contribution in [0.5, 0.6) is 0 Å². The van der Waals surface area contributed by atoms with Crippen LogP contribution in [0, 0.1) is 0 Å². The van der Waals surface area contributed by atoms with Crippen molar-refractivity contribution < 1.29 is 0 Å². The van der Waals surface area contributed by atoms with Gasteiger partial charge in [0.05, 0.1) is 0 Å². The number of unbranched alkanes of at least 4 members (excludes halogenated alkanes) is 8. The van der Waals surface area contributed by atoms with E-state index in [0.717, 1.165) is 0 Å². The Morgan fingerprint density at radius 3 is 1.47 bits per heavy atom. The first-order valence-electron chi connectivity index (χ1n) is 6.13. The number of hydrogen-bond acceptors (Lipinski definition) is 0. The number of alkyl halides is 3. The van der Waals surface area contributed by atoms with Gasteiger partial charge in [-0.25, -0.2) is 0 Å². The zero-order valence-electron chi connectivity index (χ0n) is 9.70. The molecule has 0 unspecified atom stereocenters. The Bertz CT molecular complexity index is 129. The van der Waals surface area contributed by atoms with Crippen molar-refractivity contribution in [2.45, 2.75) is 70.6 Å². The van der Waals surface area contributed by atoms with Crippen LogP contribution in [-0.4, -0.2) is -0.565 Å². The molecule has 0 aromatic rings. The van der Waals surface area contributed by atoms with Crippen molar-refractivity contribution >= 4 is 67.8 Å². The molecule has 0 spiro atoms. The smallest absolute Gasteiger partial charge is 0.0654 e. The number of halogens is 3. The zero-order chi connectivity index (χ0) is 11.6. The van der Waals surface area contributed by atoms with E-state index in [1.54, 1.807) is 0 Å². The molecule has 92 valence electrons. The third-order valence-electron chi connectivity index (χ3n) is 2.56. The summed E-state index contributed by atoms with van der Waals surface area (Å²) in [5.74, 6) is 0. The van der Waals surface area contributed by atoms with E-state index in [2.05, 4.69) is 74.7 Å². The number of rotatable bonds is 10. The standard InChI is InChI=1S/C12H23I3/c1-2-3-4-5-6-7-8-9-10-11-12(13,14)15/h2-11H2,1H3. The molecule has 0 atom stereocenters. The molecule has 0 saturated heterocycles. The lowest BCUT2D eigenvalue weighted by atomic mass is 10.1. The van der Waals surface area contributed by atoms with Crippen molar-refractivity contribution in [3.8, 4) is 0 Å². The molecule has 0 aromatic heterocycles. The van der Waals surface area contributed by atoms with Crippen LogP contribution in [0.4, 0.5) is 0 Å². The Balaban J connectivity index is 2.99. The SMILES string of the molecule is CCCCCCCCCCCC(I)(I)I. The summed E-state index contributed by atoms with van der Waals surface area (Å²) in [5, 5.41) is 0. The maximum Gasteiger partial charge on any atom is 0.124 e. The van der Waals surface area contributed by atoms with Crippen LogP contribution >= 0.6 is 67.8 Å². The van der Waals surface area contributed by atoms with Crippen molar-refractivity contribution in [2.75, 3.05) is 0 Å². The summed E-state index contributed by atoms with van der Waals surface area (Å²) in [4.78, 5) is 0. The van der Waals surface area contributed by atoms with Crippen LogP contribution in [0.1, 0.15) is 71.1 Å². The summed E-state index contributed by atoms with van der Waals surface area (Å²) < 4.78 is 0.453. The predicted molar refractivity (Wildman–Crippen MR) is 96.6 cm³/mol. The van der Waals surface area contributed by atoms with E-state index in [1.807, 2.05) is 0 Å². The molecule has 0 amide bonds. The molecule has 15 heavy (non-hydrogen) atoms. The highest BCUT2D eigenvalue weighted by Gasteiger charge is 2.15. The third-order valence-corrected chi connectivity index (χ3v) is 4.18. The summed E-state index contributed by atoms with van der Waals surface area (Å²) in [6.45, 7) is 2.28. The zero-order valence-corrected chi connectivity index (χ0v) is 16.2. The van der Waals surface area contributed by atoms with E-state index >= 15 is 0 Å². The second kappa shape index (κ2) is 11.3. The first-order valence-corrected chi connectivity index (χ1v) is 9.36. The summed E-state index contributed by atoms with van der Waals surface area (Å²) in [5.41, 5.74) is 0. The van der Waals surface area contributed by atoms with E-state index < -0.39 is 0 Å². The monoisotopic (exact) mass is 548 g/mol. The van der Waals surface area contributed by atoms with Crippen LogP contribution in [-0.2, 0) is 0 Å². The predicted octanol–water partition coefficient (Wildman–Crippen LogP) is 6.87. The molecule has 3 heteroatoms. The van der Waals surface area contributed by atoms with Crippen molar-refractivity contribution in [1.82, 2.24) is 0 Å². The van der Waals surface area contributed by atoms with Crippen molar-refractivity contribution in [3.63, 3.8) is 0 Å². The van der Waals surface area contributed by atoms with Crippen LogP contribution < -0.4 is 0 Å². The van der Waals surface area contributed by atoms with Crippen LogP contribution in [0.2, 0.25) is 0 Å². The summed E-state index contributed by atoms with van der Waals surface area (Å²) in [7, 11) is 0. The molecular formula is C12H23I3. The highest BCUT2D eigenvalue weighted by atomic mass is 127. The van der Waals surface area contributed by atoms with Gasteiger partial charge in [0.2, 0.25) is 0 Å². The van der Waals surface area contributed by atoms with E-state index in [1.165, 1.54) is 64.2 Å². The molecule has 0 bridgehead atoms. The van der Waals surface area contributed by atoms with Crippen LogP contribution in [0.15, 0.2) is 0 Å². The Kier molecular flexibility index (Phi) is 12.9. The average molecular weight is 548 g/mol. The molecule has 0 aliphatic heterocycles. The fourth-order valence-electron chi connectivity index (χ4n) is 1.64. The van der Waals surface area contributed by atoms with Gasteiger partial charge in [-0.3, -0.25) is 0 Å². The fourth-order valence-corrected chi connectivity index (χ4v) is 2.78. The minimum absolute atomic E-state index is 0.453. The summed E-state index contributed by atoms with van der Waals surface area (Å²) in [6.07, 6.45) is 14.3. The molecule has 0 rings (SSSR count). The molecule has 0 aliphatic rings. The van der Waals surface area contributed by atoms with E-state index in [-0.39, 0.29) is 0 Å². The Morgan fingerprint density at radius 1 is 0.667 bits per heavy atom. The van der Waals surface area contributed by atoms with E-state index in [4.69, 9.17) is 0 Å². The lowest BCUT2D eigenvalue weighted by molar-refractivity contribution is 0.562. The van der Waals surface area contributed by atoms with E-state index in [0.29, 0.717) is -0.565 Å². The van der Waals surface area contributed by atoms with Crippen molar-refractivity contribution in [3.05, 3.63) is 0 Å². The van der Waals surface area contributed by atoms with Gasteiger partial charge in [0.15, 0.2) is 0 Å². The minimum Gasteiger partial charge on any atom is -0.0654 e. The molecule has 0 heterocycles. The maximum atomic E-state index is 2.53. The van der Waals surface area contributed by atoms with Crippen molar-refractivity contribution in [1.29, 1.82) is 0 Å². The quantitative estimate of drug-likeness (QED) is 0.159. The second-order valence-corrected chi connectivity index (χ2v) is 15.9. The van der Waals surface area contributed by atoms with Gasteiger partial charge in [0.1, 0.15) is -0.565 Å². The molecule has 0 N–H and O–H groups in total. The van der Waals surface area contributed by atoms with Gasteiger partial charge in [-0.1, -0.05) is 132 Å². The van der Waals surface area contributed by atoms with Gasteiger partial charge in [-0.15, -0.1) is 0 Å². The summed E-state index contributed by atoms with van der Waals surface area (Å²) >= 11 is 7.60. The van der Waals surface area contributed by atoms with Gasteiger partial charge in [-0.05, 0) is 6.42 Å². The van der Waals surface area contributed by atoms with Gasteiger partial charge >= 0.3 is 0 Å². The maximum absolute atomic E-state index is 2.53. The highest BCUT2D eigenvalue weighted by Crippen LogP contribution is 2.40. The molecule has 0 saturated carbocycles. The second-order valence-electron chi connectivity index (χ2n) is 4.19. The Morgan fingerprint density at radius 2 is 1.07 bits per heavy atom. The van der Waals surface area contributed by atoms with E-state index in [9.17, 15) is 0 Å². The van der Waals surface area contributed by atoms with Crippen molar-refractivity contribution in [2.24, 2.45) is 0 Å². The molecule has 0 aliphatic carbocycles. The lowest BCUT2D eigenvalue weighted by Crippen LogP contribution is -1.97. The highest BCUT2D eigenvalue weighted by molar-refractivity contribution is 14.3. The van der Waals surface area contributed by atoms with Gasteiger partial charge in [-0.2, -0.15) is 0 Å². The first kappa shape index (κ1) is 17.2. The van der Waals surface area contributed by atoms with Crippen LogP contribution in [0.3, 0.4) is 0 Å². The topological polar surface area (TPSA) is 0 Å². The summed E-state index contributed by atoms with van der Waals surface area (Å²) in [6, 6.07) is 0. The average Bonchev–Trinajstić information content (AvgIpc) is 2.14. The molecule has 0 fully saturated rings. The first-order chi connectivity index (χ1) is 7.06. The minimum atomic E-state index is 0.453. The third kappa shape index (κ3) is 16.2. The molecule has 0 radical (unpaired) electrons. The van der Waals surface area contributed by atoms with Gasteiger partial charge < -0.3 is 0 Å².